The number of hydrogen-bond acceptors (Lipinski definition) is 3. The van der Waals surface area contributed by atoms with Crippen LogP contribution in [0.5, 0.6) is 0 Å². The van der Waals surface area contributed by atoms with E-state index in [9.17, 15) is 19.5 Å². The van der Waals surface area contributed by atoms with Crippen LogP contribution in [0.15, 0.2) is 54.6 Å². The van der Waals surface area contributed by atoms with E-state index in [1.807, 2.05) is 30.3 Å². The summed E-state index contributed by atoms with van der Waals surface area (Å²) in [5.74, 6) is -1.33. The average molecular weight is 350 g/mol. The summed E-state index contributed by atoms with van der Waals surface area (Å²) in [4.78, 5) is 40.1. The fourth-order valence-corrected chi connectivity index (χ4v) is 3.90. The van der Waals surface area contributed by atoms with Crippen molar-refractivity contribution in [1.29, 1.82) is 0 Å². The van der Waals surface area contributed by atoms with Gasteiger partial charge in [0.25, 0.3) is 0 Å². The Bertz CT molecular complexity index is 880. The van der Waals surface area contributed by atoms with Gasteiger partial charge in [-0.3, -0.25) is 9.59 Å². The fourth-order valence-electron chi connectivity index (χ4n) is 3.90. The lowest BCUT2D eigenvalue weighted by molar-refractivity contribution is -0.137. The van der Waals surface area contributed by atoms with Crippen molar-refractivity contribution in [2.75, 3.05) is 11.4 Å². The lowest BCUT2D eigenvalue weighted by Crippen LogP contribution is -2.53. The summed E-state index contributed by atoms with van der Waals surface area (Å²) in [7, 11) is 0. The zero-order valence-electron chi connectivity index (χ0n) is 14.0. The van der Waals surface area contributed by atoms with Crippen LogP contribution in [-0.2, 0) is 16.0 Å². The van der Waals surface area contributed by atoms with Crippen LogP contribution in [0.1, 0.15) is 22.3 Å². The number of benzene rings is 2. The van der Waals surface area contributed by atoms with Crippen LogP contribution in [0.3, 0.4) is 0 Å². The molecule has 0 spiro atoms. The minimum atomic E-state index is -1.06. The summed E-state index contributed by atoms with van der Waals surface area (Å²) >= 11 is 0. The summed E-state index contributed by atoms with van der Waals surface area (Å²) in [6.45, 7) is 0.441. The maximum atomic E-state index is 12.8. The van der Waals surface area contributed by atoms with Crippen molar-refractivity contribution in [3.05, 3.63) is 65.7 Å². The van der Waals surface area contributed by atoms with E-state index in [4.69, 9.17) is 0 Å². The molecule has 0 aromatic heterocycles. The Morgan fingerprint density at radius 2 is 1.73 bits per heavy atom. The van der Waals surface area contributed by atoms with Crippen molar-refractivity contribution in [1.82, 2.24) is 4.90 Å². The van der Waals surface area contributed by atoms with E-state index < -0.39 is 12.0 Å². The van der Waals surface area contributed by atoms with Crippen molar-refractivity contribution in [3.8, 4) is 0 Å². The van der Waals surface area contributed by atoms with Crippen LogP contribution in [-0.4, -0.2) is 46.4 Å². The first-order chi connectivity index (χ1) is 12.6. The Hall–Kier alpha value is -3.15. The molecule has 6 nitrogen and oxygen atoms in total. The van der Waals surface area contributed by atoms with Crippen LogP contribution in [0.25, 0.3) is 0 Å². The number of fused-ring (bicyclic) bond motifs is 2. The van der Waals surface area contributed by atoms with E-state index in [1.165, 1.54) is 6.07 Å². The molecule has 2 atom stereocenters. The molecule has 132 valence electrons. The van der Waals surface area contributed by atoms with Gasteiger partial charge in [-0.25, -0.2) is 4.79 Å². The molecule has 2 saturated heterocycles. The number of likely N-dealkylation sites (tertiary alicyclic amines) is 1. The highest BCUT2D eigenvalue weighted by Crippen LogP contribution is 2.37. The third kappa shape index (κ3) is 2.63. The highest BCUT2D eigenvalue weighted by molar-refractivity contribution is 6.07. The van der Waals surface area contributed by atoms with Gasteiger partial charge in [0, 0.05) is 6.54 Å². The number of rotatable bonds is 4. The zero-order valence-corrected chi connectivity index (χ0v) is 14.0. The van der Waals surface area contributed by atoms with Gasteiger partial charge in [0.15, 0.2) is 0 Å². The molecule has 6 heteroatoms. The summed E-state index contributed by atoms with van der Waals surface area (Å²) in [6, 6.07) is 15.3. The highest BCUT2D eigenvalue weighted by Gasteiger charge is 2.52. The van der Waals surface area contributed by atoms with Gasteiger partial charge >= 0.3 is 5.97 Å². The average Bonchev–Trinajstić information content (AvgIpc) is 3.21. The zero-order chi connectivity index (χ0) is 18.3. The molecule has 26 heavy (non-hydrogen) atoms. The van der Waals surface area contributed by atoms with Gasteiger partial charge in [-0.05, 0) is 24.1 Å². The van der Waals surface area contributed by atoms with Crippen molar-refractivity contribution in [2.45, 2.75) is 24.9 Å². The second-order valence-electron chi connectivity index (χ2n) is 6.64. The summed E-state index contributed by atoms with van der Waals surface area (Å²) in [5.41, 5.74) is 1.43. The molecule has 0 aliphatic carbocycles. The Morgan fingerprint density at radius 1 is 1.04 bits per heavy atom. The molecule has 2 fully saturated rings. The maximum Gasteiger partial charge on any atom is 0.337 e. The molecular formula is C20H18N2O4. The SMILES string of the molecule is O=C(O)c1ccccc1N1C(=O)C2CC1CN2C(=O)Cc1ccccc1. The molecule has 2 aliphatic heterocycles. The molecule has 2 aromatic rings. The Labute approximate surface area is 150 Å². The molecule has 1 N–H and O–H groups in total. The second kappa shape index (κ2) is 6.29. The number of anilines is 1. The van der Waals surface area contributed by atoms with Crippen LogP contribution in [0, 0.1) is 0 Å². The highest BCUT2D eigenvalue weighted by atomic mass is 16.4. The standard InChI is InChI=1S/C20H18N2O4/c23-18(10-13-6-2-1-3-7-13)21-12-14-11-17(21)19(24)22(14)16-9-5-4-8-15(16)20(25)26/h1-9,14,17H,10-12H2,(H,25,26). The van der Waals surface area contributed by atoms with Gasteiger partial charge in [0.05, 0.1) is 23.7 Å². The van der Waals surface area contributed by atoms with Crippen molar-refractivity contribution >= 4 is 23.5 Å². The van der Waals surface area contributed by atoms with Crippen LogP contribution in [0.2, 0.25) is 0 Å². The van der Waals surface area contributed by atoms with Gasteiger partial charge in [0.2, 0.25) is 11.8 Å². The lowest BCUT2D eigenvalue weighted by Gasteiger charge is -2.34. The Kier molecular flexibility index (Phi) is 3.95. The maximum absolute atomic E-state index is 12.8. The first-order valence-corrected chi connectivity index (χ1v) is 8.55. The fraction of sp³-hybridized carbons (Fsp3) is 0.250. The molecule has 2 bridgehead atoms. The molecule has 0 saturated carbocycles. The number of carboxylic acids is 1. The Balaban J connectivity index is 1.54. The minimum Gasteiger partial charge on any atom is -0.478 e. The first-order valence-electron chi connectivity index (χ1n) is 8.55. The normalized spacial score (nSPS) is 21.3. The van der Waals surface area contributed by atoms with E-state index in [0.29, 0.717) is 18.7 Å². The number of amides is 2. The largest absolute Gasteiger partial charge is 0.478 e. The number of carbonyl (C=O) groups excluding carboxylic acids is 2. The monoisotopic (exact) mass is 350 g/mol. The molecule has 0 radical (unpaired) electrons. The van der Waals surface area contributed by atoms with E-state index in [-0.39, 0.29) is 29.8 Å². The van der Waals surface area contributed by atoms with E-state index in [2.05, 4.69) is 0 Å². The van der Waals surface area contributed by atoms with Crippen molar-refractivity contribution in [2.24, 2.45) is 0 Å². The van der Waals surface area contributed by atoms with Gasteiger partial charge in [-0.15, -0.1) is 0 Å². The number of para-hydroxylation sites is 1. The number of carboxylic acid groups (broad SMARTS) is 1. The summed E-state index contributed by atoms with van der Waals surface area (Å²) in [6.07, 6.45) is 0.816. The molecule has 2 amide bonds. The first kappa shape index (κ1) is 16.3. The molecule has 2 unspecified atom stereocenters. The third-order valence-corrected chi connectivity index (χ3v) is 5.08. The molecular weight excluding hydrogens is 332 g/mol. The summed E-state index contributed by atoms with van der Waals surface area (Å²) < 4.78 is 0. The minimum absolute atomic E-state index is 0.0665. The van der Waals surface area contributed by atoms with Crippen LogP contribution < -0.4 is 4.90 Å². The van der Waals surface area contributed by atoms with Crippen molar-refractivity contribution < 1.29 is 19.5 Å². The van der Waals surface area contributed by atoms with Gasteiger partial charge in [-0.2, -0.15) is 0 Å². The number of piperazine rings is 1. The van der Waals surface area contributed by atoms with Gasteiger partial charge in [0.1, 0.15) is 6.04 Å². The molecule has 4 rings (SSSR count). The molecule has 2 aromatic carbocycles. The number of nitrogens with zero attached hydrogens (tertiary/aromatic N) is 2. The third-order valence-electron chi connectivity index (χ3n) is 5.08. The summed E-state index contributed by atoms with van der Waals surface area (Å²) in [5, 5.41) is 9.38. The predicted octanol–water partition coefficient (Wildman–Crippen LogP) is 1.94. The second-order valence-corrected chi connectivity index (χ2v) is 6.64. The van der Waals surface area contributed by atoms with Crippen LogP contribution >= 0.6 is 0 Å². The van der Waals surface area contributed by atoms with E-state index in [1.54, 1.807) is 28.0 Å². The predicted molar refractivity (Wildman–Crippen MR) is 94.9 cm³/mol. The van der Waals surface area contributed by atoms with Crippen LogP contribution in [0.4, 0.5) is 5.69 Å². The van der Waals surface area contributed by atoms with Gasteiger partial charge < -0.3 is 14.9 Å². The quantitative estimate of drug-likeness (QED) is 0.914. The van der Waals surface area contributed by atoms with E-state index in [0.717, 1.165) is 5.56 Å². The van der Waals surface area contributed by atoms with E-state index >= 15 is 0 Å². The number of hydrogen-bond donors (Lipinski definition) is 1. The lowest BCUT2D eigenvalue weighted by atomic mass is 10.1. The topological polar surface area (TPSA) is 77.9 Å². The molecule has 2 heterocycles. The number of aromatic carboxylic acids is 1. The smallest absolute Gasteiger partial charge is 0.337 e. The molecule has 2 aliphatic rings. The Morgan fingerprint density at radius 3 is 2.42 bits per heavy atom. The van der Waals surface area contributed by atoms with Crippen molar-refractivity contribution in [3.63, 3.8) is 0 Å². The van der Waals surface area contributed by atoms with Gasteiger partial charge in [-0.1, -0.05) is 42.5 Å². The number of carbonyl (C=O) groups is 3.